The number of halogens is 2. The first-order valence-corrected chi connectivity index (χ1v) is 11.3. The van der Waals surface area contributed by atoms with Crippen LogP contribution < -0.4 is 15.9 Å². The van der Waals surface area contributed by atoms with Crippen molar-refractivity contribution in [3.63, 3.8) is 0 Å². The second kappa shape index (κ2) is 15.4. The highest BCUT2D eigenvalue weighted by atomic mass is 31.0. The van der Waals surface area contributed by atoms with Crippen molar-refractivity contribution in [1.29, 1.82) is 0 Å². The van der Waals surface area contributed by atoms with Crippen LogP contribution in [0.1, 0.15) is 11.1 Å². The first-order valence-electron chi connectivity index (χ1n) is 10.7. The van der Waals surface area contributed by atoms with Crippen molar-refractivity contribution in [2.45, 2.75) is 13.8 Å². The Bertz CT molecular complexity index is 1160. The van der Waals surface area contributed by atoms with Gasteiger partial charge in [-0.2, -0.15) is 9.61 Å². The first kappa shape index (κ1) is 29.6. The van der Waals surface area contributed by atoms with E-state index in [1.807, 2.05) is 36.7 Å². The molecule has 186 valence electrons. The SMILES string of the molecule is C=C.C=O.CNCCNc1cc(-c2ccccc2C)nc2c(P)cnn12.Cc1cc(F)cc(F)c1. The maximum Gasteiger partial charge on any atom is 0.165 e. The average molecular weight is 500 g/mol. The second-order valence-corrected chi connectivity index (χ2v) is 7.78. The molecule has 0 aliphatic heterocycles. The third kappa shape index (κ3) is 8.67. The molecule has 2 aromatic carbocycles. The van der Waals surface area contributed by atoms with Crippen LogP contribution in [0.5, 0.6) is 0 Å². The maximum atomic E-state index is 12.2. The Kier molecular flexibility index (Phi) is 13.0. The fraction of sp³-hybridized carbons (Fsp3) is 0.192. The third-order valence-corrected chi connectivity index (χ3v) is 5.02. The van der Waals surface area contributed by atoms with E-state index in [0.29, 0.717) is 5.56 Å². The molecule has 0 aliphatic rings. The number of aryl methyl sites for hydroxylation is 2. The molecule has 0 aliphatic carbocycles. The van der Waals surface area contributed by atoms with Crippen molar-refractivity contribution in [2.75, 3.05) is 25.5 Å². The molecule has 0 fully saturated rings. The Balaban J connectivity index is 0.000000394. The quantitative estimate of drug-likeness (QED) is 0.236. The van der Waals surface area contributed by atoms with Gasteiger partial charge in [0.1, 0.15) is 24.2 Å². The van der Waals surface area contributed by atoms with Crippen LogP contribution in [-0.2, 0) is 4.79 Å². The molecule has 0 amide bonds. The van der Waals surface area contributed by atoms with E-state index >= 15 is 0 Å². The average Bonchev–Trinajstić information content (AvgIpc) is 3.22. The molecule has 2 heterocycles. The Morgan fingerprint density at radius 1 is 1.00 bits per heavy atom. The normalized spacial score (nSPS) is 9.66. The number of nitrogens with zero attached hydrogens (tertiary/aromatic N) is 3. The summed E-state index contributed by atoms with van der Waals surface area (Å²) in [6.07, 6.45) is 1.82. The lowest BCUT2D eigenvalue weighted by Crippen LogP contribution is -2.19. The molecule has 4 aromatic rings. The molecular formula is C26H32F2N5OP. The van der Waals surface area contributed by atoms with Crippen LogP contribution in [0.2, 0.25) is 0 Å². The largest absolute Gasteiger partial charge is 0.369 e. The van der Waals surface area contributed by atoms with E-state index in [0.717, 1.165) is 47.2 Å². The Morgan fingerprint density at radius 2 is 1.63 bits per heavy atom. The van der Waals surface area contributed by atoms with Gasteiger partial charge in [0.2, 0.25) is 0 Å². The van der Waals surface area contributed by atoms with Crippen molar-refractivity contribution in [1.82, 2.24) is 19.9 Å². The Morgan fingerprint density at radius 3 is 2.20 bits per heavy atom. The van der Waals surface area contributed by atoms with Crippen LogP contribution in [0.25, 0.3) is 16.9 Å². The van der Waals surface area contributed by atoms with Crippen molar-refractivity contribution in [3.05, 3.63) is 90.6 Å². The van der Waals surface area contributed by atoms with Crippen molar-refractivity contribution in [2.24, 2.45) is 0 Å². The minimum atomic E-state index is -0.521. The summed E-state index contributed by atoms with van der Waals surface area (Å²) < 4.78 is 26.2. The van der Waals surface area contributed by atoms with Crippen molar-refractivity contribution >= 4 is 32.8 Å². The zero-order valence-electron chi connectivity index (χ0n) is 20.3. The standard InChI is InChI=1S/C16H20N5P.C7H6F2.C2H4.CH2O/c1-11-5-3-4-6-12(11)13-9-15(18-8-7-17-2)21-16(20-13)14(22)10-19-21;1-5-2-6(8)4-7(9)3-5;2*1-2/h3-6,9-10,17-18H,7-8,22H2,1-2H3;2-4H,1H3;1-2H2;1H2. The Labute approximate surface area is 207 Å². The van der Waals surface area contributed by atoms with Crippen molar-refractivity contribution < 1.29 is 13.6 Å². The molecule has 1 unspecified atom stereocenters. The topological polar surface area (TPSA) is 71.3 Å². The number of carbonyl (C=O) groups is 1. The monoisotopic (exact) mass is 499 g/mol. The molecular weight excluding hydrogens is 467 g/mol. The Hall–Kier alpha value is -3.48. The van der Waals surface area contributed by atoms with E-state index in [1.54, 1.807) is 6.92 Å². The number of likely N-dealkylation sites (N-methyl/N-ethyl adjacent to an activating group) is 1. The number of rotatable bonds is 5. The summed E-state index contributed by atoms with van der Waals surface area (Å²) in [5, 5.41) is 12.0. The second-order valence-electron chi connectivity index (χ2n) is 7.15. The van der Waals surface area contributed by atoms with Gasteiger partial charge in [0.15, 0.2) is 5.65 Å². The van der Waals surface area contributed by atoms with Gasteiger partial charge < -0.3 is 15.4 Å². The fourth-order valence-corrected chi connectivity index (χ4v) is 3.36. The van der Waals surface area contributed by atoms with E-state index in [2.05, 4.69) is 63.3 Å². The van der Waals surface area contributed by atoms with Crippen LogP contribution in [0, 0.1) is 25.5 Å². The lowest BCUT2D eigenvalue weighted by atomic mass is 10.1. The lowest BCUT2D eigenvalue weighted by Gasteiger charge is -2.12. The molecule has 0 saturated carbocycles. The smallest absolute Gasteiger partial charge is 0.165 e. The van der Waals surface area contributed by atoms with Gasteiger partial charge in [0.25, 0.3) is 0 Å². The highest BCUT2D eigenvalue weighted by molar-refractivity contribution is 7.28. The van der Waals surface area contributed by atoms with Gasteiger partial charge in [-0.1, -0.05) is 33.5 Å². The summed E-state index contributed by atoms with van der Waals surface area (Å²) in [4.78, 5) is 12.8. The van der Waals surface area contributed by atoms with Gasteiger partial charge in [0.05, 0.1) is 11.9 Å². The maximum absolute atomic E-state index is 12.2. The molecule has 2 N–H and O–H groups in total. The van der Waals surface area contributed by atoms with Crippen LogP contribution in [0.3, 0.4) is 0 Å². The van der Waals surface area contributed by atoms with Crippen LogP contribution in [0.4, 0.5) is 14.6 Å². The van der Waals surface area contributed by atoms with Gasteiger partial charge in [-0.25, -0.2) is 13.8 Å². The fourth-order valence-electron chi connectivity index (χ4n) is 3.11. The molecule has 9 heteroatoms. The van der Waals surface area contributed by atoms with Crippen LogP contribution >= 0.6 is 9.24 Å². The third-order valence-electron chi connectivity index (χ3n) is 4.61. The molecule has 4 rings (SSSR count). The van der Waals surface area contributed by atoms with Gasteiger partial charge >= 0.3 is 0 Å². The molecule has 2 aromatic heterocycles. The summed E-state index contributed by atoms with van der Waals surface area (Å²) in [6, 6.07) is 13.8. The van der Waals surface area contributed by atoms with Gasteiger partial charge in [-0.15, -0.1) is 13.2 Å². The molecule has 0 spiro atoms. The summed E-state index contributed by atoms with van der Waals surface area (Å²) in [5.41, 5.74) is 4.78. The molecule has 0 bridgehead atoms. The predicted octanol–water partition coefficient (Wildman–Crippen LogP) is 4.73. The minimum absolute atomic E-state index is 0.521. The van der Waals surface area contributed by atoms with Crippen LogP contribution in [0.15, 0.2) is 67.9 Å². The highest BCUT2D eigenvalue weighted by Crippen LogP contribution is 2.24. The summed E-state index contributed by atoms with van der Waals surface area (Å²) >= 11 is 0. The number of fused-ring (bicyclic) bond motifs is 1. The number of carbonyl (C=O) groups excluding carboxylic acids is 1. The minimum Gasteiger partial charge on any atom is -0.369 e. The number of hydrogen-bond donors (Lipinski definition) is 2. The number of anilines is 1. The number of benzene rings is 2. The number of aromatic nitrogens is 3. The lowest BCUT2D eigenvalue weighted by molar-refractivity contribution is -0.0979. The van der Waals surface area contributed by atoms with Crippen LogP contribution in [-0.4, -0.2) is 41.5 Å². The van der Waals surface area contributed by atoms with Gasteiger partial charge in [-0.3, -0.25) is 0 Å². The summed E-state index contributed by atoms with van der Waals surface area (Å²) in [5.74, 6) is -0.0906. The zero-order valence-corrected chi connectivity index (χ0v) is 21.5. The molecule has 0 radical (unpaired) electrons. The summed E-state index contributed by atoms with van der Waals surface area (Å²) in [7, 11) is 4.64. The van der Waals surface area contributed by atoms with Gasteiger partial charge in [0, 0.05) is 36.1 Å². The zero-order chi connectivity index (χ0) is 26.4. The molecule has 0 saturated heterocycles. The van der Waals surface area contributed by atoms with Gasteiger partial charge in [-0.05, 0) is 44.2 Å². The van der Waals surface area contributed by atoms with E-state index in [4.69, 9.17) is 9.78 Å². The van der Waals surface area contributed by atoms with Crippen molar-refractivity contribution in [3.8, 4) is 11.3 Å². The summed E-state index contributed by atoms with van der Waals surface area (Å²) in [6.45, 7) is 13.5. The van der Waals surface area contributed by atoms with E-state index < -0.39 is 11.6 Å². The first-order chi connectivity index (χ1) is 16.9. The molecule has 35 heavy (non-hydrogen) atoms. The molecule has 1 atom stereocenters. The van der Waals surface area contributed by atoms with E-state index in [-0.39, 0.29) is 0 Å². The number of hydrogen-bond acceptors (Lipinski definition) is 5. The van der Waals surface area contributed by atoms with E-state index in [9.17, 15) is 8.78 Å². The highest BCUT2D eigenvalue weighted by Gasteiger charge is 2.11. The number of nitrogens with one attached hydrogen (secondary N) is 2. The molecule has 6 nitrogen and oxygen atoms in total. The predicted molar refractivity (Wildman–Crippen MR) is 144 cm³/mol. The van der Waals surface area contributed by atoms with E-state index in [1.165, 1.54) is 17.7 Å².